The van der Waals surface area contributed by atoms with Gasteiger partial charge in [-0.05, 0) is 12.8 Å². The number of hydrogen-bond donors (Lipinski definition) is 2. The third kappa shape index (κ3) is 37.1. The summed E-state index contributed by atoms with van der Waals surface area (Å²) >= 11 is 0. The summed E-state index contributed by atoms with van der Waals surface area (Å²) in [6.07, 6.45) is 19.0. The van der Waals surface area contributed by atoms with Gasteiger partial charge in [0, 0.05) is 13.8 Å². The largest absolute Gasteiger partial charge is 0.481 e. The molecule has 4 heteroatoms. The molecule has 0 saturated heterocycles. The number of carboxylic acid groups (broad SMARTS) is 2. The first-order chi connectivity index (χ1) is 8.46. The van der Waals surface area contributed by atoms with E-state index in [-0.39, 0.29) is 0 Å². The van der Waals surface area contributed by atoms with Crippen molar-refractivity contribution in [3.63, 3.8) is 0 Å². The van der Waals surface area contributed by atoms with E-state index in [2.05, 4.69) is 48.6 Å². The Balaban J connectivity index is 0. The van der Waals surface area contributed by atoms with Gasteiger partial charge in [-0.25, -0.2) is 0 Å². The fourth-order valence-electron chi connectivity index (χ4n) is 0.786. The maximum atomic E-state index is 9.00. The Morgan fingerprint density at radius 2 is 0.889 bits per heavy atom. The van der Waals surface area contributed by atoms with Gasteiger partial charge in [0.25, 0.3) is 11.9 Å². The van der Waals surface area contributed by atoms with Crippen LogP contribution in [-0.4, -0.2) is 22.2 Å². The lowest BCUT2D eigenvalue weighted by Crippen LogP contribution is -1.78. The van der Waals surface area contributed by atoms with E-state index in [0.29, 0.717) is 0 Å². The number of carbonyl (C=O) groups is 2. The Morgan fingerprint density at radius 3 is 0.944 bits per heavy atom. The van der Waals surface area contributed by atoms with Crippen LogP contribution in [0.2, 0.25) is 0 Å². The number of hydrogen-bond acceptors (Lipinski definition) is 2. The molecule has 2 aliphatic rings. The van der Waals surface area contributed by atoms with Gasteiger partial charge in [-0.2, -0.15) is 0 Å². The van der Waals surface area contributed by atoms with E-state index in [1.54, 1.807) is 0 Å². The van der Waals surface area contributed by atoms with Crippen LogP contribution in [0, 0.1) is 0 Å². The molecule has 0 aliphatic heterocycles. The number of aliphatic carboxylic acids is 2. The third-order valence-electron chi connectivity index (χ3n) is 1.31. The summed E-state index contributed by atoms with van der Waals surface area (Å²) in [7, 11) is 0. The Bertz CT molecular complexity index is 274. The highest BCUT2D eigenvalue weighted by Gasteiger charge is 1.72. The summed E-state index contributed by atoms with van der Waals surface area (Å²) in [5.74, 6) is -1.67. The van der Waals surface area contributed by atoms with Gasteiger partial charge >= 0.3 is 0 Å². The van der Waals surface area contributed by atoms with Crippen molar-refractivity contribution in [3.8, 4) is 0 Å². The van der Waals surface area contributed by atoms with Crippen molar-refractivity contribution >= 4 is 11.9 Å². The molecule has 2 rings (SSSR count). The Morgan fingerprint density at radius 1 is 0.722 bits per heavy atom. The first kappa shape index (κ1) is 18.3. The fourth-order valence-corrected chi connectivity index (χ4v) is 0.786. The molecular formula is C14H20O4. The number of allylic oxidation sites excluding steroid dienone is 8. The lowest BCUT2D eigenvalue weighted by Gasteiger charge is -1.59. The molecule has 0 atom stereocenters. The molecule has 18 heavy (non-hydrogen) atoms. The minimum atomic E-state index is -0.833. The van der Waals surface area contributed by atoms with Gasteiger partial charge < -0.3 is 10.2 Å². The molecule has 100 valence electrons. The van der Waals surface area contributed by atoms with Crippen LogP contribution >= 0.6 is 0 Å². The molecule has 0 aromatic carbocycles. The van der Waals surface area contributed by atoms with E-state index >= 15 is 0 Å². The van der Waals surface area contributed by atoms with Crippen LogP contribution in [0.5, 0.6) is 0 Å². The van der Waals surface area contributed by atoms with Crippen LogP contribution < -0.4 is 0 Å². The molecule has 2 aliphatic carbocycles. The van der Waals surface area contributed by atoms with Crippen molar-refractivity contribution in [2.45, 2.75) is 26.7 Å². The molecule has 0 bridgehead atoms. The van der Waals surface area contributed by atoms with Crippen LogP contribution in [-0.2, 0) is 9.59 Å². The molecule has 0 aromatic heterocycles. The zero-order valence-corrected chi connectivity index (χ0v) is 10.7. The van der Waals surface area contributed by atoms with E-state index in [9.17, 15) is 0 Å². The lowest BCUT2D eigenvalue weighted by molar-refractivity contribution is -0.135. The minimum absolute atomic E-state index is 0.833. The van der Waals surface area contributed by atoms with Gasteiger partial charge in [0.2, 0.25) is 0 Å². The van der Waals surface area contributed by atoms with Gasteiger partial charge in [-0.3, -0.25) is 9.59 Å². The molecular weight excluding hydrogens is 232 g/mol. The quantitative estimate of drug-likeness (QED) is 0.694. The Labute approximate surface area is 108 Å². The van der Waals surface area contributed by atoms with Gasteiger partial charge in [0.05, 0.1) is 0 Å². The highest BCUT2D eigenvalue weighted by Crippen LogP contribution is 1.93. The van der Waals surface area contributed by atoms with Crippen LogP contribution in [0.1, 0.15) is 26.7 Å². The Kier molecular flexibility index (Phi) is 15.1. The topological polar surface area (TPSA) is 74.6 Å². The standard InChI is InChI=1S/2C5H6.2C2H4O2/c2*1-2-4-5-3-1;2*1-2(3)4/h2*1-4H,5H2;2*1H3,(H,3,4). The van der Waals surface area contributed by atoms with Crippen molar-refractivity contribution in [2.24, 2.45) is 0 Å². The zero-order chi connectivity index (χ0) is 14.2. The molecule has 0 spiro atoms. The molecule has 0 saturated carbocycles. The van der Waals surface area contributed by atoms with E-state index in [4.69, 9.17) is 19.8 Å². The van der Waals surface area contributed by atoms with Gasteiger partial charge in [0.15, 0.2) is 0 Å². The fraction of sp³-hybridized carbons (Fsp3) is 0.286. The molecule has 0 aromatic rings. The number of rotatable bonds is 0. The average molecular weight is 252 g/mol. The minimum Gasteiger partial charge on any atom is -0.481 e. The average Bonchev–Trinajstić information content (AvgIpc) is 2.96. The van der Waals surface area contributed by atoms with Crippen molar-refractivity contribution in [3.05, 3.63) is 48.6 Å². The highest BCUT2D eigenvalue weighted by molar-refractivity contribution is 5.63. The normalized spacial score (nSPS) is 12.6. The van der Waals surface area contributed by atoms with Gasteiger partial charge in [0.1, 0.15) is 0 Å². The van der Waals surface area contributed by atoms with E-state index < -0.39 is 11.9 Å². The molecule has 4 nitrogen and oxygen atoms in total. The smallest absolute Gasteiger partial charge is 0.300 e. The maximum Gasteiger partial charge on any atom is 0.300 e. The summed E-state index contributed by atoms with van der Waals surface area (Å²) in [4.78, 5) is 18.0. The van der Waals surface area contributed by atoms with Crippen molar-refractivity contribution in [1.29, 1.82) is 0 Å². The first-order valence-corrected chi connectivity index (χ1v) is 5.49. The number of carboxylic acids is 2. The second kappa shape index (κ2) is 14.9. The summed E-state index contributed by atoms with van der Waals surface area (Å²) in [5, 5.41) is 14.8. The lowest BCUT2D eigenvalue weighted by atomic mass is 10.5. The van der Waals surface area contributed by atoms with Crippen LogP contribution in [0.4, 0.5) is 0 Å². The van der Waals surface area contributed by atoms with E-state index in [1.165, 1.54) is 0 Å². The second-order valence-corrected chi connectivity index (χ2v) is 3.22. The molecule has 0 amide bonds. The van der Waals surface area contributed by atoms with Crippen LogP contribution in [0.15, 0.2) is 48.6 Å². The zero-order valence-electron chi connectivity index (χ0n) is 10.7. The SMILES string of the molecule is C1=CCC=C1.C1=CCC=C1.CC(=O)O.CC(=O)O. The van der Waals surface area contributed by atoms with Crippen LogP contribution in [0.25, 0.3) is 0 Å². The van der Waals surface area contributed by atoms with E-state index in [0.717, 1.165) is 26.7 Å². The van der Waals surface area contributed by atoms with Gasteiger partial charge in [-0.15, -0.1) is 0 Å². The maximum absolute atomic E-state index is 9.00. The summed E-state index contributed by atoms with van der Waals surface area (Å²) in [5.41, 5.74) is 0. The van der Waals surface area contributed by atoms with E-state index in [1.807, 2.05) is 0 Å². The van der Waals surface area contributed by atoms with Crippen molar-refractivity contribution in [1.82, 2.24) is 0 Å². The first-order valence-electron chi connectivity index (χ1n) is 5.49. The predicted octanol–water partition coefficient (Wildman–Crippen LogP) is 3.19. The van der Waals surface area contributed by atoms with Crippen molar-refractivity contribution in [2.75, 3.05) is 0 Å². The molecule has 0 unspecified atom stereocenters. The summed E-state index contributed by atoms with van der Waals surface area (Å²) < 4.78 is 0. The van der Waals surface area contributed by atoms with Crippen LogP contribution in [0.3, 0.4) is 0 Å². The molecule has 0 radical (unpaired) electrons. The monoisotopic (exact) mass is 252 g/mol. The Hall–Kier alpha value is -2.10. The predicted molar refractivity (Wildman–Crippen MR) is 72.4 cm³/mol. The highest BCUT2D eigenvalue weighted by atomic mass is 16.4. The van der Waals surface area contributed by atoms with Gasteiger partial charge in [-0.1, -0.05) is 48.6 Å². The molecule has 0 heterocycles. The third-order valence-corrected chi connectivity index (χ3v) is 1.31. The van der Waals surface area contributed by atoms with Crippen molar-refractivity contribution < 1.29 is 19.8 Å². The molecule has 2 N–H and O–H groups in total. The molecule has 0 fully saturated rings. The summed E-state index contributed by atoms with van der Waals surface area (Å²) in [6, 6.07) is 0. The summed E-state index contributed by atoms with van der Waals surface area (Å²) in [6.45, 7) is 2.17. The second-order valence-electron chi connectivity index (χ2n) is 3.22.